The van der Waals surface area contributed by atoms with E-state index in [0.29, 0.717) is 29.4 Å². The Labute approximate surface area is 166 Å². The second-order valence-electron chi connectivity index (χ2n) is 6.76. The van der Waals surface area contributed by atoms with E-state index in [1.807, 2.05) is 45.9 Å². The van der Waals surface area contributed by atoms with Gasteiger partial charge < -0.3 is 20.1 Å². The van der Waals surface area contributed by atoms with Gasteiger partial charge in [-0.3, -0.25) is 9.59 Å². The van der Waals surface area contributed by atoms with Crippen molar-refractivity contribution in [2.75, 3.05) is 19.0 Å². The molecule has 0 spiro atoms. The Hall–Kier alpha value is -3.02. The molecule has 0 radical (unpaired) electrons. The summed E-state index contributed by atoms with van der Waals surface area (Å²) in [5.41, 5.74) is 2.10. The molecule has 0 bridgehead atoms. The molecule has 0 heterocycles. The van der Waals surface area contributed by atoms with Crippen molar-refractivity contribution in [3.63, 3.8) is 0 Å². The standard InChI is InChI=1S/C22H28N2O4/c1-6-28-19-12-9-17(13-20(19)27-5)15(4)23-22(26)16-7-10-18(11-8-16)24-21(25)14(2)3/h7-15H,6H2,1-5H3,(H,23,26)(H,24,25). The van der Waals surface area contributed by atoms with Gasteiger partial charge >= 0.3 is 0 Å². The zero-order chi connectivity index (χ0) is 20.7. The molecule has 0 saturated carbocycles. The summed E-state index contributed by atoms with van der Waals surface area (Å²) in [5, 5.41) is 5.78. The molecule has 1 atom stereocenters. The van der Waals surface area contributed by atoms with Crippen LogP contribution in [-0.2, 0) is 4.79 Å². The van der Waals surface area contributed by atoms with Gasteiger partial charge in [-0.1, -0.05) is 19.9 Å². The Morgan fingerprint density at radius 1 is 1.00 bits per heavy atom. The number of rotatable bonds is 8. The minimum Gasteiger partial charge on any atom is -0.493 e. The summed E-state index contributed by atoms with van der Waals surface area (Å²) >= 11 is 0. The van der Waals surface area contributed by atoms with Crippen LogP contribution in [0.3, 0.4) is 0 Å². The third-order valence-corrected chi connectivity index (χ3v) is 4.27. The predicted molar refractivity (Wildman–Crippen MR) is 110 cm³/mol. The third-order valence-electron chi connectivity index (χ3n) is 4.27. The molecule has 0 aliphatic rings. The average Bonchev–Trinajstić information content (AvgIpc) is 2.68. The lowest BCUT2D eigenvalue weighted by Gasteiger charge is -2.17. The lowest BCUT2D eigenvalue weighted by atomic mass is 10.1. The number of hydrogen-bond acceptors (Lipinski definition) is 4. The first kappa shape index (κ1) is 21.3. The number of methoxy groups -OCH3 is 1. The summed E-state index contributed by atoms with van der Waals surface area (Å²) in [6.45, 7) is 8.03. The van der Waals surface area contributed by atoms with Gasteiger partial charge in [0.05, 0.1) is 19.8 Å². The molecule has 2 amide bonds. The van der Waals surface area contributed by atoms with Gasteiger partial charge in [0.1, 0.15) is 0 Å². The first-order valence-electron chi connectivity index (χ1n) is 9.38. The van der Waals surface area contributed by atoms with Crippen molar-refractivity contribution in [3.8, 4) is 11.5 Å². The summed E-state index contributed by atoms with van der Waals surface area (Å²) < 4.78 is 10.9. The zero-order valence-electron chi connectivity index (χ0n) is 17.0. The molecule has 0 saturated heterocycles. The summed E-state index contributed by atoms with van der Waals surface area (Å²) in [6, 6.07) is 12.2. The van der Waals surface area contributed by atoms with Crippen molar-refractivity contribution in [1.82, 2.24) is 5.32 Å². The van der Waals surface area contributed by atoms with Crippen molar-refractivity contribution >= 4 is 17.5 Å². The number of carbonyl (C=O) groups excluding carboxylic acids is 2. The van der Waals surface area contributed by atoms with E-state index in [9.17, 15) is 9.59 Å². The number of hydrogen-bond donors (Lipinski definition) is 2. The maximum Gasteiger partial charge on any atom is 0.251 e. The average molecular weight is 384 g/mol. The molecule has 2 aromatic carbocycles. The van der Waals surface area contributed by atoms with Crippen LogP contribution >= 0.6 is 0 Å². The topological polar surface area (TPSA) is 76.7 Å². The minimum absolute atomic E-state index is 0.0599. The van der Waals surface area contributed by atoms with E-state index >= 15 is 0 Å². The smallest absolute Gasteiger partial charge is 0.251 e. The number of benzene rings is 2. The van der Waals surface area contributed by atoms with E-state index in [-0.39, 0.29) is 23.8 Å². The molecular weight excluding hydrogens is 356 g/mol. The van der Waals surface area contributed by atoms with Crippen LogP contribution in [0.25, 0.3) is 0 Å². The largest absolute Gasteiger partial charge is 0.493 e. The van der Waals surface area contributed by atoms with E-state index < -0.39 is 0 Å². The van der Waals surface area contributed by atoms with Crippen LogP contribution in [0.1, 0.15) is 49.7 Å². The van der Waals surface area contributed by atoms with E-state index in [4.69, 9.17) is 9.47 Å². The molecule has 6 nitrogen and oxygen atoms in total. The second kappa shape index (κ2) is 9.78. The summed E-state index contributed by atoms with van der Waals surface area (Å²) in [5.74, 6) is 0.948. The monoisotopic (exact) mass is 384 g/mol. The van der Waals surface area contributed by atoms with Crippen LogP contribution < -0.4 is 20.1 Å². The van der Waals surface area contributed by atoms with E-state index in [2.05, 4.69) is 10.6 Å². The number of nitrogens with one attached hydrogen (secondary N) is 2. The molecular formula is C22H28N2O4. The van der Waals surface area contributed by atoms with Gasteiger partial charge in [0.25, 0.3) is 5.91 Å². The van der Waals surface area contributed by atoms with Gasteiger partial charge in [-0.2, -0.15) is 0 Å². The van der Waals surface area contributed by atoms with E-state index in [1.54, 1.807) is 31.4 Å². The van der Waals surface area contributed by atoms with Crippen LogP contribution in [0.2, 0.25) is 0 Å². The number of ether oxygens (including phenoxy) is 2. The molecule has 0 fully saturated rings. The van der Waals surface area contributed by atoms with Crippen molar-refractivity contribution in [2.45, 2.75) is 33.7 Å². The predicted octanol–water partition coefficient (Wildman–Crippen LogP) is 4.18. The Morgan fingerprint density at radius 2 is 1.68 bits per heavy atom. The number of anilines is 1. The van der Waals surface area contributed by atoms with Crippen molar-refractivity contribution < 1.29 is 19.1 Å². The molecule has 0 aliphatic carbocycles. The lowest BCUT2D eigenvalue weighted by molar-refractivity contribution is -0.118. The van der Waals surface area contributed by atoms with Crippen LogP contribution in [0, 0.1) is 5.92 Å². The van der Waals surface area contributed by atoms with Crippen molar-refractivity contribution in [3.05, 3.63) is 53.6 Å². The van der Waals surface area contributed by atoms with Crippen LogP contribution in [-0.4, -0.2) is 25.5 Å². The Kier molecular flexibility index (Phi) is 7.44. The number of carbonyl (C=O) groups is 2. The van der Waals surface area contributed by atoms with E-state index in [0.717, 1.165) is 5.56 Å². The van der Waals surface area contributed by atoms with E-state index in [1.165, 1.54) is 0 Å². The van der Waals surface area contributed by atoms with Crippen molar-refractivity contribution in [1.29, 1.82) is 0 Å². The maximum atomic E-state index is 12.5. The Bertz CT molecular complexity index is 816. The zero-order valence-corrected chi connectivity index (χ0v) is 17.0. The first-order valence-corrected chi connectivity index (χ1v) is 9.38. The second-order valence-corrected chi connectivity index (χ2v) is 6.76. The molecule has 28 heavy (non-hydrogen) atoms. The Balaban J connectivity index is 2.04. The molecule has 1 unspecified atom stereocenters. The highest BCUT2D eigenvalue weighted by molar-refractivity contribution is 5.96. The van der Waals surface area contributed by atoms with Crippen LogP contribution in [0.15, 0.2) is 42.5 Å². The highest BCUT2D eigenvalue weighted by Gasteiger charge is 2.14. The third kappa shape index (κ3) is 5.49. The molecule has 6 heteroatoms. The highest BCUT2D eigenvalue weighted by Crippen LogP contribution is 2.30. The van der Waals surface area contributed by atoms with Gasteiger partial charge in [-0.25, -0.2) is 0 Å². The van der Waals surface area contributed by atoms with Crippen LogP contribution in [0.5, 0.6) is 11.5 Å². The van der Waals surface area contributed by atoms with Crippen LogP contribution in [0.4, 0.5) is 5.69 Å². The molecule has 2 aromatic rings. The SMILES string of the molecule is CCOc1ccc(C(C)NC(=O)c2ccc(NC(=O)C(C)C)cc2)cc1OC. The summed E-state index contributed by atoms with van der Waals surface area (Å²) in [6.07, 6.45) is 0. The van der Waals surface area contributed by atoms with Gasteiger partial charge in [-0.05, 0) is 55.8 Å². The maximum absolute atomic E-state index is 12.5. The van der Waals surface area contributed by atoms with Gasteiger partial charge in [-0.15, -0.1) is 0 Å². The van der Waals surface area contributed by atoms with Gasteiger partial charge in [0.15, 0.2) is 11.5 Å². The molecule has 0 aliphatic heterocycles. The first-order chi connectivity index (χ1) is 13.3. The molecule has 2 rings (SSSR count). The molecule has 150 valence electrons. The summed E-state index contributed by atoms with van der Waals surface area (Å²) in [7, 11) is 1.59. The normalized spacial score (nSPS) is 11.6. The quantitative estimate of drug-likeness (QED) is 0.716. The van der Waals surface area contributed by atoms with Gasteiger partial charge in [0.2, 0.25) is 5.91 Å². The fourth-order valence-corrected chi connectivity index (χ4v) is 2.58. The van der Waals surface area contributed by atoms with Gasteiger partial charge in [0, 0.05) is 17.2 Å². The minimum atomic E-state index is -0.211. The number of amides is 2. The highest BCUT2D eigenvalue weighted by atomic mass is 16.5. The molecule has 2 N–H and O–H groups in total. The van der Waals surface area contributed by atoms with Crippen molar-refractivity contribution in [2.24, 2.45) is 5.92 Å². The molecule has 0 aromatic heterocycles. The summed E-state index contributed by atoms with van der Waals surface area (Å²) in [4.78, 5) is 24.3. The Morgan fingerprint density at radius 3 is 2.25 bits per heavy atom. The fourth-order valence-electron chi connectivity index (χ4n) is 2.58. The lowest BCUT2D eigenvalue weighted by Crippen LogP contribution is -2.26. The fraction of sp³-hybridized carbons (Fsp3) is 0.364.